The topological polar surface area (TPSA) is 66.8 Å². The van der Waals surface area contributed by atoms with Crippen molar-refractivity contribution in [2.45, 2.75) is 38.4 Å². The number of carboxylic acids is 1. The first-order valence-electron chi connectivity index (χ1n) is 8.91. The second-order valence-electron chi connectivity index (χ2n) is 8.75. The molecule has 0 aromatic rings. The minimum Gasteiger partial charge on any atom is -0.481 e. The van der Waals surface area contributed by atoms with E-state index in [0.29, 0.717) is 24.4 Å². The quantitative estimate of drug-likeness (QED) is 0.803. The highest BCUT2D eigenvalue weighted by Gasteiger charge is 2.67. The number of allylic oxidation sites excluding steroid dienone is 1. The monoisotopic (exact) mass is 329 g/mol. The fourth-order valence-corrected chi connectivity index (χ4v) is 5.87. The highest BCUT2D eigenvalue weighted by atomic mass is 16.5. The van der Waals surface area contributed by atoms with Crippen LogP contribution >= 0.6 is 0 Å². The van der Waals surface area contributed by atoms with Crippen LogP contribution < -0.4 is 0 Å². The summed E-state index contributed by atoms with van der Waals surface area (Å²) in [6, 6.07) is 0. The van der Waals surface area contributed by atoms with Crippen molar-refractivity contribution in [1.82, 2.24) is 4.90 Å². The lowest BCUT2D eigenvalue weighted by molar-refractivity contribution is -0.148. The van der Waals surface area contributed by atoms with Gasteiger partial charge in [-0.05, 0) is 30.1 Å². The van der Waals surface area contributed by atoms with Crippen molar-refractivity contribution >= 4 is 11.9 Å². The number of hydrogen-bond donors (Lipinski definition) is 1. The molecule has 3 fully saturated rings. The summed E-state index contributed by atoms with van der Waals surface area (Å²) in [4.78, 5) is 26.4. The molecular weight excluding hydrogens is 306 g/mol. The number of hydrogen-bond acceptors (Lipinski definition) is 3. The molecule has 5 nitrogen and oxygen atoms in total. The lowest BCUT2D eigenvalue weighted by Crippen LogP contribution is -2.50. The van der Waals surface area contributed by atoms with Crippen molar-refractivity contribution in [2.24, 2.45) is 29.1 Å². The van der Waals surface area contributed by atoms with Crippen LogP contribution in [0, 0.1) is 29.1 Å². The normalized spacial score (nSPS) is 46.8. The summed E-state index contributed by atoms with van der Waals surface area (Å²) in [5.74, 6) is -0.934. The molecule has 5 heteroatoms. The zero-order chi connectivity index (χ0) is 16.9. The fourth-order valence-electron chi connectivity index (χ4n) is 5.87. The second kappa shape index (κ2) is 4.31. The van der Waals surface area contributed by atoms with E-state index in [1.165, 1.54) is 12.0 Å². The highest BCUT2D eigenvalue weighted by molar-refractivity contribution is 5.90. The summed E-state index contributed by atoms with van der Waals surface area (Å²) in [6.07, 6.45) is 7.95. The maximum atomic E-state index is 13.0. The van der Waals surface area contributed by atoms with E-state index in [1.54, 1.807) is 0 Å². The highest BCUT2D eigenvalue weighted by Crippen LogP contribution is 2.60. The Kier molecular flexibility index (Phi) is 2.64. The molecule has 1 N–H and O–H groups in total. The van der Waals surface area contributed by atoms with Crippen LogP contribution in [0.5, 0.6) is 0 Å². The average molecular weight is 329 g/mol. The molecule has 6 aliphatic rings. The van der Waals surface area contributed by atoms with Crippen LogP contribution in [0.1, 0.15) is 26.7 Å². The number of rotatable bonds is 3. The maximum absolute atomic E-state index is 13.0. The molecule has 128 valence electrons. The van der Waals surface area contributed by atoms with Crippen molar-refractivity contribution < 1.29 is 19.4 Å². The molecule has 3 aliphatic heterocycles. The third-order valence-corrected chi connectivity index (χ3v) is 7.42. The number of amides is 1. The van der Waals surface area contributed by atoms with E-state index in [-0.39, 0.29) is 5.91 Å². The van der Waals surface area contributed by atoms with Crippen LogP contribution in [0.3, 0.4) is 0 Å². The number of carboxylic acid groups (broad SMARTS) is 1. The number of nitrogens with zero attached hydrogens (tertiary/aromatic N) is 1. The van der Waals surface area contributed by atoms with E-state index >= 15 is 0 Å². The van der Waals surface area contributed by atoms with Crippen LogP contribution in [0.2, 0.25) is 0 Å². The number of carbonyl (C=O) groups excluding carboxylic acids is 1. The van der Waals surface area contributed by atoms with E-state index in [0.717, 1.165) is 12.3 Å². The van der Waals surface area contributed by atoms with Gasteiger partial charge in [0.1, 0.15) is 11.5 Å². The lowest BCUT2D eigenvalue weighted by atomic mass is 9.49. The number of carbonyl (C=O) groups is 2. The molecule has 0 unspecified atom stereocenters. The first kappa shape index (κ1) is 14.7. The Balaban J connectivity index is 1.40. The van der Waals surface area contributed by atoms with Crippen molar-refractivity contribution in [2.75, 3.05) is 13.1 Å². The van der Waals surface area contributed by atoms with Gasteiger partial charge in [0.2, 0.25) is 5.91 Å². The van der Waals surface area contributed by atoms with Crippen molar-refractivity contribution in [3.63, 3.8) is 0 Å². The molecule has 24 heavy (non-hydrogen) atoms. The van der Waals surface area contributed by atoms with Crippen LogP contribution in [-0.2, 0) is 14.3 Å². The summed E-state index contributed by atoms with van der Waals surface area (Å²) >= 11 is 0. The molecule has 2 saturated heterocycles. The van der Waals surface area contributed by atoms with Gasteiger partial charge in [0, 0.05) is 6.54 Å². The molecule has 0 aromatic carbocycles. The first-order chi connectivity index (χ1) is 11.3. The average Bonchev–Trinajstić information content (AvgIpc) is 3.16. The van der Waals surface area contributed by atoms with E-state index in [2.05, 4.69) is 19.9 Å². The smallest absolute Gasteiger partial charge is 0.310 e. The van der Waals surface area contributed by atoms with Gasteiger partial charge in [0.05, 0.1) is 18.6 Å². The lowest BCUT2D eigenvalue weighted by Gasteiger charge is -2.56. The molecule has 1 spiro atoms. The van der Waals surface area contributed by atoms with Gasteiger partial charge >= 0.3 is 5.97 Å². The number of ether oxygens (including phenoxy) is 1. The SMILES string of the molecule is CC1(C)[C@H]2CC=C(CN3C[C@@]45C=C[C@@H](O4)[C@H](C(=O)O)[C@H]5C3=O)[C@@H]1C2. The minimum atomic E-state index is -0.925. The third kappa shape index (κ3) is 1.59. The maximum Gasteiger partial charge on any atom is 0.310 e. The summed E-state index contributed by atoms with van der Waals surface area (Å²) in [5.41, 5.74) is 0.981. The van der Waals surface area contributed by atoms with Gasteiger partial charge < -0.3 is 14.7 Å². The predicted octanol–water partition coefficient (Wildman–Crippen LogP) is 1.85. The Morgan fingerprint density at radius 3 is 2.92 bits per heavy atom. The zero-order valence-electron chi connectivity index (χ0n) is 14.1. The minimum absolute atomic E-state index is 0.0468. The Labute approximate surface area is 141 Å². The Morgan fingerprint density at radius 2 is 2.25 bits per heavy atom. The van der Waals surface area contributed by atoms with E-state index in [9.17, 15) is 14.7 Å². The first-order valence-corrected chi connectivity index (χ1v) is 8.91. The molecule has 1 saturated carbocycles. The summed E-state index contributed by atoms with van der Waals surface area (Å²) in [5, 5.41) is 9.53. The standard InChI is InChI=1S/C19H23NO4/c1-18(2)11-4-3-10(12(18)7-11)8-20-9-19-6-5-13(24-19)14(17(22)23)15(19)16(20)21/h3,5-6,11-15H,4,7-9H2,1-2H3,(H,22,23)/t11-,12-,13+,14-,15-,19+/m0/s1. The predicted molar refractivity (Wildman–Crippen MR) is 86.0 cm³/mol. The van der Waals surface area contributed by atoms with Gasteiger partial charge in [0.15, 0.2) is 0 Å². The zero-order valence-corrected chi connectivity index (χ0v) is 14.1. The largest absolute Gasteiger partial charge is 0.481 e. The third-order valence-electron chi connectivity index (χ3n) is 7.42. The van der Waals surface area contributed by atoms with Crippen molar-refractivity contribution in [3.8, 4) is 0 Å². The molecule has 4 bridgehead atoms. The van der Waals surface area contributed by atoms with Crippen molar-refractivity contribution in [1.29, 1.82) is 0 Å². The summed E-state index contributed by atoms with van der Waals surface area (Å²) < 4.78 is 5.95. The van der Waals surface area contributed by atoms with E-state index in [1.807, 2.05) is 17.1 Å². The molecule has 6 rings (SSSR count). The Hall–Kier alpha value is -1.62. The van der Waals surface area contributed by atoms with E-state index in [4.69, 9.17) is 4.74 Å². The van der Waals surface area contributed by atoms with Gasteiger partial charge in [-0.3, -0.25) is 9.59 Å². The summed E-state index contributed by atoms with van der Waals surface area (Å²) in [7, 11) is 0. The fraction of sp³-hybridized carbons (Fsp3) is 0.684. The summed E-state index contributed by atoms with van der Waals surface area (Å²) in [6.45, 7) is 5.77. The molecule has 1 amide bonds. The van der Waals surface area contributed by atoms with Crippen LogP contribution in [0.4, 0.5) is 0 Å². The molecule has 3 aliphatic carbocycles. The molecule has 0 aromatic heterocycles. The Bertz CT molecular complexity index is 708. The molecule has 0 radical (unpaired) electrons. The number of likely N-dealkylation sites (tertiary alicyclic amines) is 1. The van der Waals surface area contributed by atoms with Gasteiger partial charge in [0.25, 0.3) is 0 Å². The van der Waals surface area contributed by atoms with Gasteiger partial charge in [-0.25, -0.2) is 0 Å². The van der Waals surface area contributed by atoms with Crippen LogP contribution in [0.25, 0.3) is 0 Å². The second-order valence-corrected chi connectivity index (χ2v) is 8.75. The van der Waals surface area contributed by atoms with Gasteiger partial charge in [-0.2, -0.15) is 0 Å². The van der Waals surface area contributed by atoms with Gasteiger partial charge in [-0.15, -0.1) is 0 Å². The number of fused-ring (bicyclic) bond motifs is 2. The van der Waals surface area contributed by atoms with Crippen LogP contribution in [0.15, 0.2) is 23.8 Å². The van der Waals surface area contributed by atoms with Gasteiger partial charge in [-0.1, -0.05) is 37.6 Å². The molecule has 3 heterocycles. The Morgan fingerprint density at radius 1 is 1.46 bits per heavy atom. The number of aliphatic carboxylic acids is 1. The van der Waals surface area contributed by atoms with E-state index < -0.39 is 29.5 Å². The molecule has 6 atom stereocenters. The van der Waals surface area contributed by atoms with Crippen LogP contribution in [-0.4, -0.2) is 46.7 Å². The molecular formula is C19H23NO4. The van der Waals surface area contributed by atoms with Crippen molar-refractivity contribution in [3.05, 3.63) is 23.8 Å².